The SMILES string of the molecule is CC(C)(c1ccc(F)cc1)c1ncc(CO)[nH]1. The molecule has 0 atom stereocenters. The van der Waals surface area contributed by atoms with Crippen LogP contribution >= 0.6 is 0 Å². The van der Waals surface area contributed by atoms with Crippen LogP contribution in [0.4, 0.5) is 4.39 Å². The van der Waals surface area contributed by atoms with Crippen LogP contribution in [0.15, 0.2) is 30.5 Å². The normalized spacial score (nSPS) is 11.8. The molecule has 1 aromatic heterocycles. The number of nitrogens with zero attached hydrogens (tertiary/aromatic N) is 1. The molecule has 2 N–H and O–H groups in total. The lowest BCUT2D eigenvalue weighted by Crippen LogP contribution is -2.20. The number of benzene rings is 1. The van der Waals surface area contributed by atoms with E-state index in [2.05, 4.69) is 9.97 Å². The summed E-state index contributed by atoms with van der Waals surface area (Å²) in [6, 6.07) is 6.37. The van der Waals surface area contributed by atoms with Crippen molar-refractivity contribution in [2.45, 2.75) is 25.9 Å². The molecular weight excluding hydrogens is 219 g/mol. The molecule has 0 unspecified atom stereocenters. The van der Waals surface area contributed by atoms with Crippen molar-refractivity contribution in [2.75, 3.05) is 0 Å². The Hall–Kier alpha value is -1.68. The molecule has 17 heavy (non-hydrogen) atoms. The first kappa shape index (κ1) is 11.8. The van der Waals surface area contributed by atoms with Crippen molar-refractivity contribution < 1.29 is 9.50 Å². The molecular formula is C13H15FN2O. The Bertz CT molecular complexity index is 502. The van der Waals surface area contributed by atoms with Gasteiger partial charge in [0.1, 0.15) is 11.6 Å². The van der Waals surface area contributed by atoms with Crippen LogP contribution in [0.25, 0.3) is 0 Å². The molecule has 0 spiro atoms. The summed E-state index contributed by atoms with van der Waals surface area (Å²) in [5.41, 5.74) is 1.30. The van der Waals surface area contributed by atoms with Crippen LogP contribution in [0.5, 0.6) is 0 Å². The van der Waals surface area contributed by atoms with Crippen molar-refractivity contribution in [1.82, 2.24) is 9.97 Å². The molecule has 0 aliphatic carbocycles. The van der Waals surface area contributed by atoms with Crippen molar-refractivity contribution in [2.24, 2.45) is 0 Å². The first-order valence-corrected chi connectivity index (χ1v) is 5.45. The van der Waals surface area contributed by atoms with Gasteiger partial charge < -0.3 is 10.1 Å². The van der Waals surface area contributed by atoms with Crippen LogP contribution in [-0.2, 0) is 12.0 Å². The highest BCUT2D eigenvalue weighted by Gasteiger charge is 2.26. The van der Waals surface area contributed by atoms with Gasteiger partial charge in [-0.1, -0.05) is 12.1 Å². The maximum Gasteiger partial charge on any atom is 0.123 e. The fourth-order valence-electron chi connectivity index (χ4n) is 1.76. The van der Waals surface area contributed by atoms with Crippen LogP contribution in [0.3, 0.4) is 0 Å². The lowest BCUT2D eigenvalue weighted by atomic mass is 9.84. The second-order valence-corrected chi connectivity index (χ2v) is 4.55. The van der Waals surface area contributed by atoms with Crippen LogP contribution in [-0.4, -0.2) is 15.1 Å². The number of hydrogen-bond donors (Lipinski definition) is 2. The number of aromatic amines is 1. The second kappa shape index (κ2) is 4.30. The molecule has 0 aliphatic rings. The maximum atomic E-state index is 12.9. The lowest BCUT2D eigenvalue weighted by molar-refractivity contribution is 0.277. The molecule has 90 valence electrons. The largest absolute Gasteiger partial charge is 0.390 e. The van der Waals surface area contributed by atoms with Crippen molar-refractivity contribution in [3.8, 4) is 0 Å². The molecule has 1 aromatic carbocycles. The van der Waals surface area contributed by atoms with E-state index in [0.717, 1.165) is 11.4 Å². The molecule has 0 amide bonds. The molecule has 0 saturated carbocycles. The summed E-state index contributed by atoms with van der Waals surface area (Å²) in [6.45, 7) is 3.94. The van der Waals surface area contributed by atoms with E-state index in [0.29, 0.717) is 5.69 Å². The highest BCUT2D eigenvalue weighted by atomic mass is 19.1. The molecule has 0 bridgehead atoms. The van der Waals surface area contributed by atoms with Gasteiger partial charge in [0.25, 0.3) is 0 Å². The third-order valence-electron chi connectivity index (χ3n) is 2.96. The zero-order valence-electron chi connectivity index (χ0n) is 9.87. The van der Waals surface area contributed by atoms with E-state index in [9.17, 15) is 4.39 Å². The Morgan fingerprint density at radius 1 is 1.29 bits per heavy atom. The number of H-pyrrole nitrogens is 1. The number of aliphatic hydroxyl groups is 1. The zero-order valence-corrected chi connectivity index (χ0v) is 9.87. The fourth-order valence-corrected chi connectivity index (χ4v) is 1.76. The predicted octanol–water partition coefficient (Wildman–Crippen LogP) is 2.37. The van der Waals surface area contributed by atoms with Crippen LogP contribution in [0.2, 0.25) is 0 Å². The topological polar surface area (TPSA) is 48.9 Å². The Labute approximate surface area is 99.3 Å². The highest BCUT2D eigenvalue weighted by Crippen LogP contribution is 2.29. The van der Waals surface area contributed by atoms with E-state index in [4.69, 9.17) is 5.11 Å². The van der Waals surface area contributed by atoms with Gasteiger partial charge in [0.2, 0.25) is 0 Å². The van der Waals surface area contributed by atoms with E-state index >= 15 is 0 Å². The number of rotatable bonds is 3. The van der Waals surface area contributed by atoms with Gasteiger partial charge in [0.05, 0.1) is 18.5 Å². The predicted molar refractivity (Wildman–Crippen MR) is 63.0 cm³/mol. The van der Waals surface area contributed by atoms with E-state index < -0.39 is 0 Å². The van der Waals surface area contributed by atoms with Crippen LogP contribution in [0, 0.1) is 5.82 Å². The van der Waals surface area contributed by atoms with E-state index in [1.165, 1.54) is 12.1 Å². The number of halogens is 1. The van der Waals surface area contributed by atoms with Gasteiger partial charge in [-0.25, -0.2) is 9.37 Å². The minimum atomic E-state index is -0.346. The molecule has 0 radical (unpaired) electrons. The van der Waals surface area contributed by atoms with Crippen molar-refractivity contribution in [3.63, 3.8) is 0 Å². The maximum absolute atomic E-state index is 12.9. The third-order valence-corrected chi connectivity index (χ3v) is 2.96. The minimum Gasteiger partial charge on any atom is -0.390 e. The lowest BCUT2D eigenvalue weighted by Gasteiger charge is -2.22. The molecule has 1 heterocycles. The summed E-state index contributed by atoms with van der Waals surface area (Å²) in [5, 5.41) is 9.00. The van der Waals surface area contributed by atoms with Gasteiger partial charge in [-0.3, -0.25) is 0 Å². The molecule has 0 saturated heterocycles. The molecule has 2 rings (SSSR count). The Balaban J connectivity index is 2.37. The van der Waals surface area contributed by atoms with Gasteiger partial charge in [0.15, 0.2) is 0 Å². The molecule has 2 aromatic rings. The van der Waals surface area contributed by atoms with Crippen molar-refractivity contribution in [1.29, 1.82) is 0 Å². The summed E-state index contributed by atoms with van der Waals surface area (Å²) < 4.78 is 12.9. The smallest absolute Gasteiger partial charge is 0.123 e. The standard InChI is InChI=1S/C13H15FN2O/c1-13(2,9-3-5-10(14)6-4-9)12-15-7-11(8-17)16-12/h3-7,17H,8H2,1-2H3,(H,15,16). The summed E-state index contributed by atoms with van der Waals surface area (Å²) >= 11 is 0. The third kappa shape index (κ3) is 2.22. The Kier molecular flexibility index (Phi) is 2.98. The Morgan fingerprint density at radius 3 is 2.47 bits per heavy atom. The van der Waals surface area contributed by atoms with E-state index in [1.807, 2.05) is 13.8 Å². The number of nitrogens with one attached hydrogen (secondary N) is 1. The number of aliphatic hydroxyl groups excluding tert-OH is 1. The average Bonchev–Trinajstić information content (AvgIpc) is 2.78. The van der Waals surface area contributed by atoms with Gasteiger partial charge in [-0.2, -0.15) is 0 Å². The van der Waals surface area contributed by atoms with Gasteiger partial charge in [0, 0.05) is 5.41 Å². The number of hydrogen-bond acceptors (Lipinski definition) is 2. The van der Waals surface area contributed by atoms with Crippen LogP contribution in [0.1, 0.15) is 30.9 Å². The zero-order chi connectivity index (χ0) is 12.5. The van der Waals surface area contributed by atoms with Crippen molar-refractivity contribution in [3.05, 3.63) is 53.4 Å². The van der Waals surface area contributed by atoms with Crippen molar-refractivity contribution >= 4 is 0 Å². The monoisotopic (exact) mass is 234 g/mol. The van der Waals surface area contributed by atoms with E-state index in [-0.39, 0.29) is 17.8 Å². The molecule has 4 heteroatoms. The Morgan fingerprint density at radius 2 is 1.94 bits per heavy atom. The first-order valence-electron chi connectivity index (χ1n) is 5.45. The summed E-state index contributed by atoms with van der Waals surface area (Å²) in [6.07, 6.45) is 1.61. The summed E-state index contributed by atoms with van der Waals surface area (Å²) in [5.74, 6) is 0.508. The quantitative estimate of drug-likeness (QED) is 0.856. The highest BCUT2D eigenvalue weighted by molar-refractivity contribution is 5.31. The van der Waals surface area contributed by atoms with Gasteiger partial charge >= 0.3 is 0 Å². The summed E-state index contributed by atoms with van der Waals surface area (Å²) in [4.78, 5) is 7.31. The molecule has 0 aliphatic heterocycles. The molecule has 0 fully saturated rings. The average molecular weight is 234 g/mol. The number of imidazole rings is 1. The van der Waals surface area contributed by atoms with E-state index in [1.54, 1.807) is 18.3 Å². The first-order chi connectivity index (χ1) is 8.04. The van der Waals surface area contributed by atoms with Crippen LogP contribution < -0.4 is 0 Å². The fraction of sp³-hybridized carbons (Fsp3) is 0.308. The second-order valence-electron chi connectivity index (χ2n) is 4.55. The molecule has 3 nitrogen and oxygen atoms in total. The minimum absolute atomic E-state index is 0.0630. The van der Waals surface area contributed by atoms with Gasteiger partial charge in [-0.05, 0) is 31.5 Å². The van der Waals surface area contributed by atoms with Gasteiger partial charge in [-0.15, -0.1) is 0 Å². The number of aromatic nitrogens is 2. The summed E-state index contributed by atoms with van der Waals surface area (Å²) in [7, 11) is 0.